The first-order valence-corrected chi connectivity index (χ1v) is 7.77. The van der Waals surface area contributed by atoms with Gasteiger partial charge in [-0.25, -0.2) is 4.98 Å². The average Bonchev–Trinajstić information content (AvgIpc) is 2.86. The molecule has 1 fully saturated rings. The summed E-state index contributed by atoms with van der Waals surface area (Å²) in [5.74, 6) is 1.46. The molecule has 1 aliphatic rings. The lowest BCUT2D eigenvalue weighted by atomic mass is 10.2. The number of nitro groups is 1. The average molecular weight is 342 g/mol. The Labute approximate surface area is 144 Å². The first-order valence-electron chi connectivity index (χ1n) is 7.77. The molecule has 0 unspecified atom stereocenters. The molecule has 2 aromatic heterocycles. The summed E-state index contributed by atoms with van der Waals surface area (Å²) in [6.07, 6.45) is 0. The molecular weight excluding hydrogens is 324 g/mol. The maximum Gasteiger partial charge on any atom is 0.305 e. The van der Waals surface area contributed by atoms with Crippen LogP contribution in [0.2, 0.25) is 0 Å². The number of nitrogens with two attached hydrogens (primary N) is 1. The summed E-state index contributed by atoms with van der Waals surface area (Å²) >= 11 is 0. The van der Waals surface area contributed by atoms with Crippen molar-refractivity contribution < 1.29 is 4.92 Å². The molecule has 1 aliphatic heterocycles. The third-order valence-corrected chi connectivity index (χ3v) is 4.30. The van der Waals surface area contributed by atoms with Crippen molar-refractivity contribution in [2.75, 3.05) is 41.7 Å². The van der Waals surface area contributed by atoms with E-state index in [0.717, 1.165) is 11.5 Å². The SMILES string of the molecule is Cc1nn(C)c(N2CCN(c3ccc([N+](=O)[O-])c(C#N)n3)CC2)c1N. The van der Waals surface area contributed by atoms with Gasteiger partial charge in [-0.3, -0.25) is 14.8 Å². The van der Waals surface area contributed by atoms with Gasteiger partial charge in [0.25, 0.3) is 0 Å². The Balaban J connectivity index is 1.77. The van der Waals surface area contributed by atoms with Gasteiger partial charge in [-0.05, 0) is 13.0 Å². The molecule has 130 valence electrons. The van der Waals surface area contributed by atoms with E-state index in [1.807, 2.05) is 18.9 Å². The molecule has 25 heavy (non-hydrogen) atoms. The maximum absolute atomic E-state index is 10.9. The van der Waals surface area contributed by atoms with Gasteiger partial charge in [-0.1, -0.05) is 0 Å². The second-order valence-corrected chi connectivity index (χ2v) is 5.83. The predicted molar refractivity (Wildman–Crippen MR) is 92.4 cm³/mol. The molecule has 1 saturated heterocycles. The number of aromatic nitrogens is 3. The van der Waals surface area contributed by atoms with Gasteiger partial charge in [0, 0.05) is 39.3 Å². The number of nitrogens with zero attached hydrogens (tertiary/aromatic N) is 7. The largest absolute Gasteiger partial charge is 0.394 e. The first kappa shape index (κ1) is 16.5. The Morgan fingerprint density at radius 1 is 1.28 bits per heavy atom. The van der Waals surface area contributed by atoms with Crippen molar-refractivity contribution in [3.05, 3.63) is 33.6 Å². The van der Waals surface area contributed by atoms with Gasteiger partial charge >= 0.3 is 5.69 Å². The Kier molecular flexibility index (Phi) is 4.14. The highest BCUT2D eigenvalue weighted by atomic mass is 16.6. The van der Waals surface area contributed by atoms with E-state index in [9.17, 15) is 10.1 Å². The normalized spacial score (nSPS) is 14.4. The molecule has 0 aliphatic carbocycles. The van der Waals surface area contributed by atoms with Crippen molar-refractivity contribution in [2.24, 2.45) is 7.05 Å². The monoisotopic (exact) mass is 342 g/mol. The number of anilines is 3. The zero-order valence-electron chi connectivity index (χ0n) is 14.0. The predicted octanol–water partition coefficient (Wildman–Crippen LogP) is 0.812. The van der Waals surface area contributed by atoms with E-state index in [2.05, 4.69) is 15.0 Å². The second kappa shape index (κ2) is 6.27. The van der Waals surface area contributed by atoms with Crippen LogP contribution in [-0.2, 0) is 7.05 Å². The van der Waals surface area contributed by atoms with Crippen molar-refractivity contribution in [1.29, 1.82) is 5.26 Å². The second-order valence-electron chi connectivity index (χ2n) is 5.83. The lowest BCUT2D eigenvalue weighted by Crippen LogP contribution is -2.47. The van der Waals surface area contributed by atoms with Crippen molar-refractivity contribution in [1.82, 2.24) is 14.8 Å². The highest BCUT2D eigenvalue weighted by Gasteiger charge is 2.24. The van der Waals surface area contributed by atoms with Crippen LogP contribution in [0.3, 0.4) is 0 Å². The van der Waals surface area contributed by atoms with Crippen LogP contribution in [0.5, 0.6) is 0 Å². The van der Waals surface area contributed by atoms with Crippen LogP contribution in [0, 0.1) is 28.4 Å². The molecule has 0 amide bonds. The molecule has 0 radical (unpaired) electrons. The Morgan fingerprint density at radius 3 is 2.44 bits per heavy atom. The number of nitriles is 1. The fourth-order valence-electron chi connectivity index (χ4n) is 3.03. The van der Waals surface area contributed by atoms with E-state index in [0.29, 0.717) is 37.7 Å². The molecule has 2 aromatic rings. The summed E-state index contributed by atoms with van der Waals surface area (Å²) < 4.78 is 1.78. The summed E-state index contributed by atoms with van der Waals surface area (Å²) in [4.78, 5) is 18.6. The number of hydrogen-bond acceptors (Lipinski definition) is 8. The van der Waals surface area contributed by atoms with Gasteiger partial charge in [0.15, 0.2) is 5.82 Å². The minimum absolute atomic E-state index is 0.170. The number of aryl methyl sites for hydroxylation is 2. The van der Waals surface area contributed by atoms with Crippen molar-refractivity contribution in [3.8, 4) is 6.07 Å². The van der Waals surface area contributed by atoms with E-state index >= 15 is 0 Å². The first-order chi connectivity index (χ1) is 11.9. The summed E-state index contributed by atoms with van der Waals surface area (Å²) in [5.41, 5.74) is 7.15. The zero-order chi connectivity index (χ0) is 18.1. The summed E-state index contributed by atoms with van der Waals surface area (Å²) in [5, 5.41) is 24.3. The van der Waals surface area contributed by atoms with E-state index in [1.165, 1.54) is 6.07 Å². The topological polar surface area (TPSA) is 130 Å². The minimum Gasteiger partial charge on any atom is -0.394 e. The van der Waals surface area contributed by atoms with Crippen molar-refractivity contribution in [3.63, 3.8) is 0 Å². The van der Waals surface area contributed by atoms with Gasteiger partial charge in [-0.15, -0.1) is 0 Å². The van der Waals surface area contributed by atoms with Gasteiger partial charge < -0.3 is 15.5 Å². The quantitative estimate of drug-likeness (QED) is 0.640. The molecule has 0 spiro atoms. The van der Waals surface area contributed by atoms with Crippen LogP contribution in [0.4, 0.5) is 23.0 Å². The van der Waals surface area contributed by atoms with Gasteiger partial charge in [-0.2, -0.15) is 10.4 Å². The van der Waals surface area contributed by atoms with Crippen LogP contribution >= 0.6 is 0 Å². The molecular formula is C15H18N8O2. The third-order valence-electron chi connectivity index (χ3n) is 4.30. The van der Waals surface area contributed by atoms with E-state index in [4.69, 9.17) is 11.0 Å². The lowest BCUT2D eigenvalue weighted by molar-refractivity contribution is -0.385. The van der Waals surface area contributed by atoms with E-state index < -0.39 is 4.92 Å². The zero-order valence-corrected chi connectivity index (χ0v) is 14.0. The molecule has 0 aromatic carbocycles. The van der Waals surface area contributed by atoms with Gasteiger partial charge in [0.05, 0.1) is 16.3 Å². The highest BCUT2D eigenvalue weighted by molar-refractivity contribution is 5.66. The maximum atomic E-state index is 10.9. The van der Waals surface area contributed by atoms with Gasteiger partial charge in [0.2, 0.25) is 5.69 Å². The highest BCUT2D eigenvalue weighted by Crippen LogP contribution is 2.28. The summed E-state index contributed by atoms with van der Waals surface area (Å²) in [6, 6.07) is 4.70. The number of nitrogen functional groups attached to an aromatic ring is 1. The summed E-state index contributed by atoms with van der Waals surface area (Å²) in [7, 11) is 1.86. The third kappa shape index (κ3) is 2.91. The van der Waals surface area contributed by atoms with Gasteiger partial charge in [0.1, 0.15) is 11.9 Å². The molecule has 0 bridgehead atoms. The van der Waals surface area contributed by atoms with Crippen LogP contribution in [0.1, 0.15) is 11.4 Å². The molecule has 10 heteroatoms. The molecule has 3 rings (SSSR count). The van der Waals surface area contributed by atoms with Crippen LogP contribution < -0.4 is 15.5 Å². The van der Waals surface area contributed by atoms with E-state index in [1.54, 1.807) is 16.8 Å². The van der Waals surface area contributed by atoms with E-state index in [-0.39, 0.29) is 11.4 Å². The number of piperazine rings is 1. The van der Waals surface area contributed by atoms with Crippen molar-refractivity contribution in [2.45, 2.75) is 6.92 Å². The Hall–Kier alpha value is -3.35. The fraction of sp³-hybridized carbons (Fsp3) is 0.400. The molecule has 0 atom stereocenters. The molecule has 3 heterocycles. The lowest BCUT2D eigenvalue weighted by Gasteiger charge is -2.36. The van der Waals surface area contributed by atoms with Crippen molar-refractivity contribution >= 4 is 23.0 Å². The summed E-state index contributed by atoms with van der Waals surface area (Å²) in [6.45, 7) is 4.63. The smallest absolute Gasteiger partial charge is 0.305 e. The molecule has 0 saturated carbocycles. The van der Waals surface area contributed by atoms with Crippen LogP contribution in [0.15, 0.2) is 12.1 Å². The Morgan fingerprint density at radius 2 is 1.92 bits per heavy atom. The standard InChI is InChI=1S/C15H18N8O2/c1-10-14(17)15(20(2)19-10)22-7-5-21(6-8-22)13-4-3-12(23(24)25)11(9-16)18-13/h3-4H,5-8,17H2,1-2H3. The Bertz CT molecular complexity index is 861. The molecule has 10 nitrogen and oxygen atoms in total. The van der Waals surface area contributed by atoms with Crippen LogP contribution in [-0.4, -0.2) is 45.9 Å². The number of rotatable bonds is 3. The molecule has 2 N–H and O–H groups in total. The minimum atomic E-state index is -0.596. The number of pyridine rings is 1. The fourth-order valence-corrected chi connectivity index (χ4v) is 3.03. The number of hydrogen-bond donors (Lipinski definition) is 1. The van der Waals surface area contributed by atoms with Crippen LogP contribution in [0.25, 0.3) is 0 Å².